The normalized spacial score (nSPS) is 21.7. The van der Waals surface area contributed by atoms with Gasteiger partial charge in [-0.05, 0) is 127 Å². The molecule has 2 fully saturated rings. The van der Waals surface area contributed by atoms with Crippen molar-refractivity contribution in [2.45, 2.75) is 89.8 Å². The van der Waals surface area contributed by atoms with E-state index in [1.807, 2.05) is 30.1 Å². The zero-order chi connectivity index (χ0) is 31.4. The second-order valence-electron chi connectivity index (χ2n) is 13.8. The molecule has 0 N–H and O–H groups in total. The molecule has 0 unspecified atom stereocenters. The van der Waals surface area contributed by atoms with Crippen LogP contribution in [0.1, 0.15) is 87.7 Å². The Labute approximate surface area is 261 Å². The molecular formula is C36H48F2N4O2. The van der Waals surface area contributed by atoms with Gasteiger partial charge >= 0.3 is 5.97 Å². The third-order valence-corrected chi connectivity index (χ3v) is 9.70. The molecule has 238 valence electrons. The van der Waals surface area contributed by atoms with E-state index in [0.717, 1.165) is 68.7 Å². The number of esters is 1. The lowest BCUT2D eigenvalue weighted by Crippen LogP contribution is -2.42. The van der Waals surface area contributed by atoms with E-state index in [2.05, 4.69) is 43.3 Å². The maximum absolute atomic E-state index is 14.3. The Bertz CT molecular complexity index is 1390. The van der Waals surface area contributed by atoms with Crippen LogP contribution in [0.2, 0.25) is 0 Å². The minimum absolute atomic E-state index is 0.119. The zero-order valence-electron chi connectivity index (χ0n) is 26.9. The second kappa shape index (κ2) is 13.9. The number of ether oxygens (including phenoxy) is 1. The first kappa shape index (κ1) is 32.3. The number of piperidine rings is 1. The molecule has 0 radical (unpaired) electrons. The molecule has 1 aliphatic carbocycles. The van der Waals surface area contributed by atoms with Gasteiger partial charge in [-0.1, -0.05) is 24.3 Å². The van der Waals surface area contributed by atoms with Gasteiger partial charge in [0.2, 0.25) is 0 Å². The fourth-order valence-corrected chi connectivity index (χ4v) is 6.88. The van der Waals surface area contributed by atoms with Crippen molar-refractivity contribution in [2.24, 2.45) is 5.92 Å². The maximum Gasteiger partial charge on any atom is 0.320 e. The Morgan fingerprint density at radius 1 is 1.02 bits per heavy atom. The number of carbonyl (C=O) groups is 1. The lowest BCUT2D eigenvalue weighted by atomic mass is 9.87. The SMILES string of the molecule is CCn1nc(Cc2ccc(F)cc2)cc1C1CCN(C[C@H]2C[C@H](OC(=O)CN(C)C(C)(C)C)C[C@@H]2c2cccc(F)c2)CC1. The first-order valence-corrected chi connectivity index (χ1v) is 16.2. The van der Waals surface area contributed by atoms with Crippen molar-refractivity contribution in [1.82, 2.24) is 19.6 Å². The number of hydrogen-bond acceptors (Lipinski definition) is 5. The third-order valence-electron chi connectivity index (χ3n) is 9.70. The first-order chi connectivity index (χ1) is 21.0. The number of benzene rings is 2. The van der Waals surface area contributed by atoms with Crippen molar-refractivity contribution >= 4 is 5.97 Å². The Morgan fingerprint density at radius 3 is 2.41 bits per heavy atom. The summed E-state index contributed by atoms with van der Waals surface area (Å²) in [5.74, 6) is 0.239. The van der Waals surface area contributed by atoms with E-state index in [1.54, 1.807) is 12.1 Å². The lowest BCUT2D eigenvalue weighted by molar-refractivity contribution is -0.151. The highest BCUT2D eigenvalue weighted by molar-refractivity contribution is 5.72. The van der Waals surface area contributed by atoms with Gasteiger partial charge in [0.05, 0.1) is 12.2 Å². The van der Waals surface area contributed by atoms with E-state index >= 15 is 0 Å². The molecule has 0 amide bonds. The molecule has 8 heteroatoms. The van der Waals surface area contributed by atoms with Gasteiger partial charge in [-0.15, -0.1) is 0 Å². The van der Waals surface area contributed by atoms with Gasteiger partial charge in [0.25, 0.3) is 0 Å². The lowest BCUT2D eigenvalue weighted by Gasteiger charge is -2.35. The molecule has 3 atom stereocenters. The number of aromatic nitrogens is 2. The Hall–Kier alpha value is -3.10. The van der Waals surface area contributed by atoms with Crippen molar-refractivity contribution in [2.75, 3.05) is 33.2 Å². The van der Waals surface area contributed by atoms with Crippen molar-refractivity contribution in [1.29, 1.82) is 0 Å². The zero-order valence-corrected chi connectivity index (χ0v) is 26.9. The van der Waals surface area contributed by atoms with Crippen LogP contribution in [0.15, 0.2) is 54.6 Å². The molecule has 0 bridgehead atoms. The molecule has 6 nitrogen and oxygen atoms in total. The van der Waals surface area contributed by atoms with Crippen LogP contribution in [0.4, 0.5) is 8.78 Å². The van der Waals surface area contributed by atoms with E-state index in [1.165, 1.54) is 23.9 Å². The van der Waals surface area contributed by atoms with Gasteiger partial charge in [0.15, 0.2) is 0 Å². The van der Waals surface area contributed by atoms with E-state index in [4.69, 9.17) is 9.84 Å². The van der Waals surface area contributed by atoms with Gasteiger partial charge in [0, 0.05) is 36.7 Å². The van der Waals surface area contributed by atoms with Crippen molar-refractivity contribution in [3.63, 3.8) is 0 Å². The number of rotatable bonds is 10. The summed E-state index contributed by atoms with van der Waals surface area (Å²) in [6.07, 6.45) is 4.15. The van der Waals surface area contributed by atoms with Crippen LogP contribution >= 0.6 is 0 Å². The van der Waals surface area contributed by atoms with Gasteiger partial charge in [-0.25, -0.2) is 8.78 Å². The highest BCUT2D eigenvalue weighted by atomic mass is 19.1. The van der Waals surface area contributed by atoms with Crippen LogP contribution in [0, 0.1) is 17.6 Å². The summed E-state index contributed by atoms with van der Waals surface area (Å²) in [4.78, 5) is 17.4. The van der Waals surface area contributed by atoms with Crippen LogP contribution in [0.3, 0.4) is 0 Å². The number of halogens is 2. The fraction of sp³-hybridized carbons (Fsp3) is 0.556. The van der Waals surface area contributed by atoms with E-state index < -0.39 is 0 Å². The van der Waals surface area contributed by atoms with Crippen LogP contribution in [0.25, 0.3) is 0 Å². The summed E-state index contributed by atoms with van der Waals surface area (Å²) in [7, 11) is 1.94. The second-order valence-corrected chi connectivity index (χ2v) is 13.8. The molecule has 1 saturated heterocycles. The topological polar surface area (TPSA) is 50.6 Å². The molecule has 3 aromatic rings. The summed E-state index contributed by atoms with van der Waals surface area (Å²) in [6, 6.07) is 15.8. The highest BCUT2D eigenvalue weighted by Crippen LogP contribution is 2.42. The standard InChI is InChI=1S/C36H48F2N4O2/c1-6-42-34(21-31(39-42)18-25-10-12-29(37)13-11-25)26-14-16-41(17-15-26)23-28-20-32(44-35(43)24-40(5)36(2,3)4)22-33(28)27-8-7-9-30(38)19-27/h7-13,19,21,26,28,32-33H,6,14-18,20,22-24H2,1-5H3/t28-,32+,33-/m1/s1. The molecule has 1 aliphatic heterocycles. The number of carbonyl (C=O) groups excluding carboxylic acids is 1. The first-order valence-electron chi connectivity index (χ1n) is 16.2. The van der Waals surface area contributed by atoms with Gasteiger partial charge < -0.3 is 9.64 Å². The molecule has 5 rings (SSSR count). The Kier molecular flexibility index (Phi) is 10.2. The van der Waals surface area contributed by atoms with Gasteiger partial charge in [-0.2, -0.15) is 5.10 Å². The molecule has 1 saturated carbocycles. The summed E-state index contributed by atoms with van der Waals surface area (Å²) in [6.45, 7) is 12.3. The number of hydrogen-bond donors (Lipinski definition) is 0. The summed E-state index contributed by atoms with van der Waals surface area (Å²) in [5.41, 5.74) is 4.25. The van der Waals surface area contributed by atoms with Crippen molar-refractivity contribution < 1.29 is 18.3 Å². The van der Waals surface area contributed by atoms with E-state index in [0.29, 0.717) is 12.3 Å². The maximum atomic E-state index is 14.3. The fourth-order valence-electron chi connectivity index (χ4n) is 6.88. The molecular weight excluding hydrogens is 558 g/mol. The van der Waals surface area contributed by atoms with Crippen molar-refractivity contribution in [3.8, 4) is 0 Å². The van der Waals surface area contributed by atoms with E-state index in [9.17, 15) is 13.6 Å². The number of likely N-dealkylation sites (tertiary alicyclic amines) is 1. The minimum Gasteiger partial charge on any atom is -0.461 e. The number of nitrogens with zero attached hydrogens (tertiary/aromatic N) is 4. The molecule has 2 heterocycles. The smallest absolute Gasteiger partial charge is 0.320 e. The molecule has 0 spiro atoms. The average Bonchev–Trinajstić information content (AvgIpc) is 3.57. The van der Waals surface area contributed by atoms with Gasteiger partial charge in [-0.3, -0.25) is 14.4 Å². The van der Waals surface area contributed by atoms with Crippen LogP contribution in [-0.4, -0.2) is 70.4 Å². The molecule has 2 aromatic carbocycles. The summed E-state index contributed by atoms with van der Waals surface area (Å²) in [5, 5.41) is 4.87. The largest absolute Gasteiger partial charge is 0.461 e. The molecule has 2 aliphatic rings. The molecule has 44 heavy (non-hydrogen) atoms. The predicted octanol–water partition coefficient (Wildman–Crippen LogP) is 6.79. The van der Waals surface area contributed by atoms with Crippen LogP contribution in [0.5, 0.6) is 0 Å². The highest BCUT2D eigenvalue weighted by Gasteiger charge is 2.39. The Balaban J connectivity index is 1.21. The third kappa shape index (κ3) is 8.13. The predicted molar refractivity (Wildman–Crippen MR) is 170 cm³/mol. The number of likely N-dealkylation sites (N-methyl/N-ethyl adjacent to an activating group) is 1. The summed E-state index contributed by atoms with van der Waals surface area (Å²) < 4.78 is 35.8. The van der Waals surface area contributed by atoms with Crippen LogP contribution < -0.4 is 0 Å². The minimum atomic E-state index is -0.222. The summed E-state index contributed by atoms with van der Waals surface area (Å²) >= 11 is 0. The quantitative estimate of drug-likeness (QED) is 0.238. The Morgan fingerprint density at radius 2 is 1.75 bits per heavy atom. The number of aryl methyl sites for hydroxylation is 1. The van der Waals surface area contributed by atoms with Crippen LogP contribution in [-0.2, 0) is 22.5 Å². The van der Waals surface area contributed by atoms with Gasteiger partial charge in [0.1, 0.15) is 17.7 Å². The molecule has 1 aromatic heterocycles. The van der Waals surface area contributed by atoms with Crippen molar-refractivity contribution in [3.05, 3.63) is 88.7 Å². The monoisotopic (exact) mass is 606 g/mol. The van der Waals surface area contributed by atoms with E-state index in [-0.39, 0.29) is 47.6 Å². The average molecular weight is 607 g/mol.